The van der Waals surface area contributed by atoms with Gasteiger partial charge in [0.15, 0.2) is 0 Å². The summed E-state index contributed by atoms with van der Waals surface area (Å²) in [4.78, 5) is 55.5. The summed E-state index contributed by atoms with van der Waals surface area (Å²) in [6.45, 7) is 6.46. The number of rotatable bonds is 8. The Kier molecular flexibility index (Phi) is 9.73. The van der Waals surface area contributed by atoms with E-state index in [1.54, 1.807) is 0 Å². The SMILES string of the molecule is COC(=O)[C@H]1C[C@@H](C(=O)N2[C@H](C(=O)O)C[C@H](C(=O)O[C@@H]3C[C@H](C)CC[C@H]3C(C)C)[C@@H]2c2ccccc2)[C@@H](c2ccccc2)N1. The van der Waals surface area contributed by atoms with Gasteiger partial charge in [0.1, 0.15) is 18.2 Å². The van der Waals surface area contributed by atoms with Crippen LogP contribution >= 0.6 is 0 Å². The van der Waals surface area contributed by atoms with Crippen LogP contribution in [0.1, 0.15) is 76.1 Å². The summed E-state index contributed by atoms with van der Waals surface area (Å²) < 4.78 is 11.3. The lowest BCUT2D eigenvalue weighted by molar-refractivity contribution is -0.162. The topological polar surface area (TPSA) is 122 Å². The van der Waals surface area contributed by atoms with Crippen LogP contribution in [0.15, 0.2) is 60.7 Å². The third-order valence-corrected chi connectivity index (χ3v) is 9.94. The molecule has 9 heteroatoms. The van der Waals surface area contributed by atoms with Crippen molar-refractivity contribution in [1.29, 1.82) is 0 Å². The van der Waals surface area contributed by atoms with Crippen LogP contribution in [-0.4, -0.2) is 59.1 Å². The average Bonchev–Trinajstić information content (AvgIpc) is 3.65. The molecule has 2 aromatic rings. The van der Waals surface area contributed by atoms with Crippen molar-refractivity contribution in [2.24, 2.45) is 29.6 Å². The van der Waals surface area contributed by atoms with Crippen molar-refractivity contribution in [3.8, 4) is 0 Å². The molecule has 9 nitrogen and oxygen atoms in total. The first-order valence-electron chi connectivity index (χ1n) is 15.8. The molecule has 0 bridgehead atoms. The van der Waals surface area contributed by atoms with Gasteiger partial charge in [-0.15, -0.1) is 0 Å². The number of amides is 1. The van der Waals surface area contributed by atoms with E-state index in [0.717, 1.165) is 24.8 Å². The number of ether oxygens (including phenoxy) is 2. The number of nitrogens with zero attached hydrogens (tertiary/aromatic N) is 1. The molecule has 2 N–H and O–H groups in total. The van der Waals surface area contributed by atoms with Crippen LogP contribution in [0, 0.1) is 29.6 Å². The number of carbonyl (C=O) groups is 4. The summed E-state index contributed by atoms with van der Waals surface area (Å²) >= 11 is 0. The van der Waals surface area contributed by atoms with Crippen molar-refractivity contribution in [3.05, 3.63) is 71.8 Å². The summed E-state index contributed by atoms with van der Waals surface area (Å²) in [5, 5.41) is 13.7. The van der Waals surface area contributed by atoms with Crippen molar-refractivity contribution < 1.29 is 33.8 Å². The largest absolute Gasteiger partial charge is 0.480 e. The quantitative estimate of drug-likeness (QED) is 0.407. The summed E-state index contributed by atoms with van der Waals surface area (Å²) in [5.74, 6) is -3.15. The number of carboxylic acids is 1. The average molecular weight is 605 g/mol. The van der Waals surface area contributed by atoms with E-state index in [1.165, 1.54) is 12.0 Å². The molecule has 2 heterocycles. The van der Waals surface area contributed by atoms with E-state index in [1.807, 2.05) is 60.7 Å². The Morgan fingerprint density at radius 1 is 0.864 bits per heavy atom. The fourth-order valence-corrected chi connectivity index (χ4v) is 7.66. The number of carbonyl (C=O) groups excluding carboxylic acids is 3. The number of methoxy groups -OCH3 is 1. The smallest absolute Gasteiger partial charge is 0.326 e. The minimum absolute atomic E-state index is 0.0509. The number of aliphatic carboxylic acids is 1. The molecule has 5 rings (SSSR count). The maximum atomic E-state index is 14.6. The standard InChI is InChI=1S/C35H44N2O7/c1-20(2)24-16-15-21(3)17-29(24)44-34(41)26-19-28(33(39)40)37(31(26)23-13-9-6-10-14-23)32(38)25-18-27(35(42)43-4)36-30(25)22-11-7-5-8-12-22/h5-14,20-21,24-31,36H,15-19H2,1-4H3,(H,39,40)/t21-,24+,25-,26+,27-,28+,29-,30-,31+/m1/s1. The van der Waals surface area contributed by atoms with E-state index >= 15 is 0 Å². The second-order valence-electron chi connectivity index (χ2n) is 13.1. The van der Waals surface area contributed by atoms with Gasteiger partial charge in [-0.2, -0.15) is 0 Å². The van der Waals surface area contributed by atoms with Crippen molar-refractivity contribution >= 4 is 23.8 Å². The summed E-state index contributed by atoms with van der Waals surface area (Å²) in [7, 11) is 1.30. The molecule has 1 amide bonds. The third kappa shape index (κ3) is 6.39. The van der Waals surface area contributed by atoms with Gasteiger partial charge in [-0.05, 0) is 54.6 Å². The number of hydrogen-bond donors (Lipinski definition) is 2. The van der Waals surface area contributed by atoms with Crippen molar-refractivity contribution in [3.63, 3.8) is 0 Å². The number of hydrogen-bond acceptors (Lipinski definition) is 7. The van der Waals surface area contributed by atoms with Gasteiger partial charge in [0.05, 0.1) is 25.0 Å². The molecule has 3 fully saturated rings. The molecule has 2 saturated heterocycles. The molecule has 0 radical (unpaired) electrons. The summed E-state index contributed by atoms with van der Waals surface area (Å²) in [5.41, 5.74) is 1.48. The number of esters is 2. The minimum Gasteiger partial charge on any atom is -0.480 e. The van der Waals surface area contributed by atoms with E-state index in [4.69, 9.17) is 9.47 Å². The molecule has 236 valence electrons. The Hall–Kier alpha value is -3.72. The van der Waals surface area contributed by atoms with E-state index < -0.39 is 59.8 Å². The second kappa shape index (κ2) is 13.5. The molecule has 0 spiro atoms. The monoisotopic (exact) mass is 604 g/mol. The normalized spacial score (nSPS) is 31.9. The van der Waals surface area contributed by atoms with Gasteiger partial charge in [0.25, 0.3) is 0 Å². The molecule has 2 aliphatic heterocycles. The molecule has 0 aromatic heterocycles. The van der Waals surface area contributed by atoms with E-state index in [2.05, 4.69) is 26.1 Å². The number of nitrogens with one attached hydrogen (secondary N) is 1. The van der Waals surface area contributed by atoms with Crippen LogP contribution in [0.3, 0.4) is 0 Å². The molecular weight excluding hydrogens is 560 g/mol. The molecular formula is C35H44N2O7. The van der Waals surface area contributed by atoms with E-state index in [9.17, 15) is 24.3 Å². The summed E-state index contributed by atoms with van der Waals surface area (Å²) in [6, 6.07) is 15.1. The molecule has 0 unspecified atom stereocenters. The molecule has 2 aromatic carbocycles. The van der Waals surface area contributed by atoms with Gasteiger partial charge in [-0.1, -0.05) is 87.9 Å². The third-order valence-electron chi connectivity index (χ3n) is 9.94. The van der Waals surface area contributed by atoms with Crippen LogP contribution in [0.4, 0.5) is 0 Å². The molecule has 1 aliphatic carbocycles. The highest BCUT2D eigenvalue weighted by Gasteiger charge is 2.55. The zero-order valence-corrected chi connectivity index (χ0v) is 25.9. The fraction of sp³-hybridized carbons (Fsp3) is 0.543. The van der Waals surface area contributed by atoms with Crippen molar-refractivity contribution in [2.45, 2.75) is 83.1 Å². The predicted molar refractivity (Wildman–Crippen MR) is 163 cm³/mol. The lowest BCUT2D eigenvalue weighted by atomic mass is 9.75. The molecule has 9 atom stereocenters. The van der Waals surface area contributed by atoms with Gasteiger partial charge in [-0.3, -0.25) is 19.7 Å². The zero-order valence-electron chi connectivity index (χ0n) is 25.9. The Bertz CT molecular complexity index is 1330. The maximum absolute atomic E-state index is 14.6. The van der Waals surface area contributed by atoms with Crippen LogP contribution in [0.25, 0.3) is 0 Å². The summed E-state index contributed by atoms with van der Waals surface area (Å²) in [6.07, 6.45) is 2.66. The van der Waals surface area contributed by atoms with Gasteiger partial charge >= 0.3 is 17.9 Å². The first-order chi connectivity index (χ1) is 21.1. The highest BCUT2D eigenvalue weighted by Crippen LogP contribution is 2.46. The van der Waals surface area contributed by atoms with Crippen LogP contribution in [0.2, 0.25) is 0 Å². The highest BCUT2D eigenvalue weighted by molar-refractivity contribution is 5.90. The van der Waals surface area contributed by atoms with Crippen molar-refractivity contribution in [1.82, 2.24) is 10.2 Å². The Balaban J connectivity index is 1.51. The minimum atomic E-state index is -1.23. The molecule has 1 saturated carbocycles. The Labute approximate surface area is 259 Å². The zero-order chi connectivity index (χ0) is 31.5. The van der Waals surface area contributed by atoms with E-state index in [0.29, 0.717) is 17.4 Å². The van der Waals surface area contributed by atoms with E-state index in [-0.39, 0.29) is 24.9 Å². The first-order valence-corrected chi connectivity index (χ1v) is 15.8. The van der Waals surface area contributed by atoms with Gasteiger partial charge in [0.2, 0.25) is 5.91 Å². The maximum Gasteiger partial charge on any atom is 0.326 e. The fourth-order valence-electron chi connectivity index (χ4n) is 7.66. The first kappa shape index (κ1) is 31.7. The predicted octanol–water partition coefficient (Wildman–Crippen LogP) is 4.93. The van der Waals surface area contributed by atoms with Gasteiger partial charge < -0.3 is 19.5 Å². The van der Waals surface area contributed by atoms with Crippen molar-refractivity contribution in [2.75, 3.05) is 7.11 Å². The van der Waals surface area contributed by atoms with Crippen LogP contribution in [0.5, 0.6) is 0 Å². The number of carboxylic acid groups (broad SMARTS) is 1. The van der Waals surface area contributed by atoms with Crippen LogP contribution < -0.4 is 5.32 Å². The molecule has 3 aliphatic rings. The Morgan fingerprint density at radius 3 is 2.09 bits per heavy atom. The van der Waals surface area contributed by atoms with Crippen LogP contribution in [-0.2, 0) is 28.7 Å². The second-order valence-corrected chi connectivity index (χ2v) is 13.1. The number of likely N-dealkylation sites (tertiary alicyclic amines) is 1. The highest BCUT2D eigenvalue weighted by atomic mass is 16.5. The lowest BCUT2D eigenvalue weighted by Gasteiger charge is -2.38. The molecule has 44 heavy (non-hydrogen) atoms. The van der Waals surface area contributed by atoms with Gasteiger partial charge in [0, 0.05) is 6.04 Å². The van der Waals surface area contributed by atoms with Gasteiger partial charge in [-0.25, -0.2) is 4.79 Å². The Morgan fingerprint density at radius 2 is 1.50 bits per heavy atom. The number of benzene rings is 2. The lowest BCUT2D eigenvalue weighted by Crippen LogP contribution is -2.46.